The Labute approximate surface area is 178 Å². The van der Waals surface area contributed by atoms with Gasteiger partial charge in [0.05, 0.1) is 0 Å². The smallest absolute Gasteiger partial charge is 0.237 e. The van der Waals surface area contributed by atoms with Gasteiger partial charge in [-0.3, -0.25) is 14.8 Å². The van der Waals surface area contributed by atoms with E-state index in [1.807, 2.05) is 31.3 Å². The minimum Gasteiger partial charge on any atom is -0.396 e. The summed E-state index contributed by atoms with van der Waals surface area (Å²) in [7, 11) is 2.02. The van der Waals surface area contributed by atoms with Crippen molar-refractivity contribution < 1.29 is 9.90 Å². The maximum absolute atomic E-state index is 14.4. The van der Waals surface area contributed by atoms with E-state index >= 15 is 0 Å². The molecule has 2 aromatic rings. The van der Waals surface area contributed by atoms with Crippen molar-refractivity contribution in [1.82, 2.24) is 14.9 Å². The second-order valence-corrected chi connectivity index (χ2v) is 9.86. The monoisotopic (exact) mass is 405 g/mol. The molecule has 4 fully saturated rings. The minimum atomic E-state index is -0.932. The SMILES string of the molecule is CN(C(=O)C(CCO)(c1ccncc1)c1ccncc1)C12CC3CC(CC(C3)C1)C2. The summed E-state index contributed by atoms with van der Waals surface area (Å²) in [4.78, 5) is 24.9. The highest BCUT2D eigenvalue weighted by Crippen LogP contribution is 2.58. The molecular weight excluding hydrogens is 374 g/mol. The zero-order valence-corrected chi connectivity index (χ0v) is 17.7. The topological polar surface area (TPSA) is 66.3 Å². The van der Waals surface area contributed by atoms with Gasteiger partial charge in [-0.25, -0.2) is 0 Å². The van der Waals surface area contributed by atoms with Crippen LogP contribution in [-0.4, -0.2) is 45.1 Å². The Balaban J connectivity index is 1.60. The molecule has 4 aliphatic rings. The number of rotatable bonds is 6. The van der Waals surface area contributed by atoms with Crippen LogP contribution >= 0.6 is 0 Å². The Morgan fingerprint density at radius 3 is 1.80 bits per heavy atom. The third-order valence-electron chi connectivity index (χ3n) is 8.22. The molecular formula is C25H31N3O2. The molecule has 0 aliphatic heterocycles. The van der Waals surface area contributed by atoms with Crippen LogP contribution in [0.2, 0.25) is 0 Å². The van der Waals surface area contributed by atoms with Crippen LogP contribution < -0.4 is 0 Å². The van der Waals surface area contributed by atoms with Crippen LogP contribution in [-0.2, 0) is 10.2 Å². The highest BCUT2D eigenvalue weighted by Gasteiger charge is 2.56. The van der Waals surface area contributed by atoms with Gasteiger partial charge in [-0.2, -0.15) is 0 Å². The van der Waals surface area contributed by atoms with E-state index in [4.69, 9.17) is 0 Å². The van der Waals surface area contributed by atoms with Crippen molar-refractivity contribution in [3.8, 4) is 0 Å². The summed E-state index contributed by atoms with van der Waals surface area (Å²) >= 11 is 0. The number of carbonyl (C=O) groups excluding carboxylic acids is 1. The van der Waals surface area contributed by atoms with E-state index < -0.39 is 5.41 Å². The summed E-state index contributed by atoms with van der Waals surface area (Å²) in [6.45, 7) is -0.0644. The van der Waals surface area contributed by atoms with Crippen molar-refractivity contribution in [3.63, 3.8) is 0 Å². The Morgan fingerprint density at radius 1 is 0.967 bits per heavy atom. The molecule has 0 atom stereocenters. The summed E-state index contributed by atoms with van der Waals surface area (Å²) in [5.41, 5.74) is 0.810. The molecule has 0 saturated heterocycles. The van der Waals surface area contributed by atoms with E-state index in [2.05, 4.69) is 14.9 Å². The molecule has 2 heterocycles. The number of pyridine rings is 2. The maximum atomic E-state index is 14.4. The van der Waals surface area contributed by atoms with E-state index in [0.717, 1.165) is 48.1 Å². The fourth-order valence-corrected chi connectivity index (χ4v) is 7.23. The van der Waals surface area contributed by atoms with E-state index in [9.17, 15) is 9.90 Å². The number of amides is 1. The predicted molar refractivity (Wildman–Crippen MR) is 115 cm³/mol. The van der Waals surface area contributed by atoms with E-state index in [1.54, 1.807) is 24.8 Å². The molecule has 5 nitrogen and oxygen atoms in total. The van der Waals surface area contributed by atoms with Crippen LogP contribution in [0.1, 0.15) is 56.1 Å². The lowest BCUT2D eigenvalue weighted by molar-refractivity contribution is -0.152. The van der Waals surface area contributed by atoms with Crippen LogP contribution in [0.3, 0.4) is 0 Å². The van der Waals surface area contributed by atoms with Gasteiger partial charge in [-0.05, 0) is 98.1 Å². The highest BCUT2D eigenvalue weighted by molar-refractivity contribution is 5.92. The summed E-state index contributed by atoms with van der Waals surface area (Å²) in [6.07, 6.45) is 14.7. The Bertz CT molecular complexity index is 824. The molecule has 6 rings (SSSR count). The van der Waals surface area contributed by atoms with Gasteiger partial charge in [0.1, 0.15) is 5.41 Å². The molecule has 0 spiro atoms. The first-order chi connectivity index (χ1) is 14.6. The molecule has 5 heteroatoms. The summed E-state index contributed by atoms with van der Waals surface area (Å²) in [5.74, 6) is 2.39. The predicted octanol–water partition coefficient (Wildman–Crippen LogP) is 3.57. The van der Waals surface area contributed by atoms with E-state index in [-0.39, 0.29) is 18.1 Å². The highest BCUT2D eigenvalue weighted by atomic mass is 16.3. The third kappa shape index (κ3) is 2.97. The van der Waals surface area contributed by atoms with Crippen molar-refractivity contribution in [2.24, 2.45) is 17.8 Å². The second kappa shape index (κ2) is 7.45. The Kier molecular flexibility index (Phi) is 4.89. The standard InChI is InChI=1S/C25H31N3O2/c1-28(24-15-18-12-19(16-24)14-20(13-18)17-24)23(30)25(6-11-29,21-2-7-26-8-3-21)22-4-9-27-10-5-22/h2-5,7-10,18-20,29H,6,11-17H2,1H3. The molecule has 4 aliphatic carbocycles. The van der Waals surface area contributed by atoms with Crippen LogP contribution in [0.15, 0.2) is 49.1 Å². The fraction of sp³-hybridized carbons (Fsp3) is 0.560. The van der Waals surface area contributed by atoms with Gasteiger partial charge in [0, 0.05) is 44.0 Å². The molecule has 0 aromatic carbocycles. The van der Waals surface area contributed by atoms with Crippen LogP contribution in [0.5, 0.6) is 0 Å². The average Bonchev–Trinajstić information content (AvgIpc) is 2.77. The van der Waals surface area contributed by atoms with E-state index in [0.29, 0.717) is 6.42 Å². The number of nitrogens with zero attached hydrogens (tertiary/aromatic N) is 3. The number of hydrogen-bond acceptors (Lipinski definition) is 4. The van der Waals surface area contributed by atoms with Gasteiger partial charge in [0.15, 0.2) is 0 Å². The van der Waals surface area contributed by atoms with Crippen LogP contribution in [0.4, 0.5) is 0 Å². The lowest BCUT2D eigenvalue weighted by Gasteiger charge is -2.60. The average molecular weight is 406 g/mol. The number of aliphatic hydroxyl groups is 1. The third-order valence-corrected chi connectivity index (χ3v) is 8.22. The zero-order valence-electron chi connectivity index (χ0n) is 17.7. The largest absolute Gasteiger partial charge is 0.396 e. The first-order valence-corrected chi connectivity index (χ1v) is 11.3. The second-order valence-electron chi connectivity index (χ2n) is 9.86. The summed E-state index contributed by atoms with van der Waals surface area (Å²) in [5, 5.41) is 10.1. The Hall–Kier alpha value is -2.27. The fourth-order valence-electron chi connectivity index (χ4n) is 7.23. The maximum Gasteiger partial charge on any atom is 0.237 e. The lowest BCUT2D eigenvalue weighted by Crippen LogP contribution is -2.63. The number of hydrogen-bond donors (Lipinski definition) is 1. The van der Waals surface area contributed by atoms with Crippen LogP contribution in [0.25, 0.3) is 0 Å². The number of carbonyl (C=O) groups is 1. The first kappa shape index (κ1) is 19.7. The van der Waals surface area contributed by atoms with Crippen LogP contribution in [0, 0.1) is 17.8 Å². The van der Waals surface area contributed by atoms with Crippen molar-refractivity contribution in [2.45, 2.75) is 55.9 Å². The van der Waals surface area contributed by atoms with Gasteiger partial charge >= 0.3 is 0 Å². The van der Waals surface area contributed by atoms with Crippen molar-refractivity contribution >= 4 is 5.91 Å². The van der Waals surface area contributed by atoms with E-state index in [1.165, 1.54) is 19.3 Å². The van der Waals surface area contributed by atoms with Crippen molar-refractivity contribution in [2.75, 3.05) is 13.7 Å². The molecule has 4 bridgehead atoms. The Morgan fingerprint density at radius 2 is 1.40 bits per heavy atom. The molecule has 2 aromatic heterocycles. The molecule has 1 N–H and O–H groups in total. The molecule has 0 unspecified atom stereocenters. The van der Waals surface area contributed by atoms with Gasteiger partial charge in [-0.1, -0.05) is 0 Å². The molecule has 1 amide bonds. The quantitative estimate of drug-likeness (QED) is 0.798. The molecule has 158 valence electrons. The first-order valence-electron chi connectivity index (χ1n) is 11.3. The number of likely N-dealkylation sites (N-methyl/N-ethyl adjacent to an activating group) is 1. The summed E-state index contributed by atoms with van der Waals surface area (Å²) in [6, 6.07) is 7.67. The van der Waals surface area contributed by atoms with Gasteiger partial charge in [-0.15, -0.1) is 0 Å². The molecule has 4 saturated carbocycles. The van der Waals surface area contributed by atoms with Gasteiger partial charge < -0.3 is 10.0 Å². The van der Waals surface area contributed by atoms with Crippen molar-refractivity contribution in [1.29, 1.82) is 0 Å². The lowest BCUT2D eigenvalue weighted by atomic mass is 9.52. The van der Waals surface area contributed by atoms with Gasteiger partial charge in [0.25, 0.3) is 0 Å². The van der Waals surface area contributed by atoms with Gasteiger partial charge in [0.2, 0.25) is 5.91 Å². The summed E-state index contributed by atoms with van der Waals surface area (Å²) < 4.78 is 0. The minimum absolute atomic E-state index is 0.0351. The number of aliphatic hydroxyl groups excluding tert-OH is 1. The van der Waals surface area contributed by atoms with Crippen molar-refractivity contribution in [3.05, 3.63) is 60.2 Å². The normalized spacial score (nSPS) is 29.7. The molecule has 30 heavy (non-hydrogen) atoms. The number of aromatic nitrogens is 2. The zero-order chi connectivity index (χ0) is 20.8. The molecule has 0 radical (unpaired) electrons.